The van der Waals surface area contributed by atoms with Crippen LogP contribution in [0.4, 0.5) is 4.79 Å². The van der Waals surface area contributed by atoms with Gasteiger partial charge < -0.3 is 20.1 Å². The number of nitrogens with zero attached hydrogens (tertiary/aromatic N) is 1. The van der Waals surface area contributed by atoms with E-state index in [9.17, 15) is 14.4 Å². The standard InChI is InChI=1S/C20H27N3O5S/c1-3-27-18(24)13-7-5-9-23(11-13)12-14-16(19(25)28-4-2)17(22-20(26)21-14)15-8-6-10-29-15/h6,8,10,13,17H,3-5,7,9,11-12H2,1-2H3,(H2,21,22,26)/t13-,17+/m0/s1. The Morgan fingerprint density at radius 1 is 1.28 bits per heavy atom. The van der Waals surface area contributed by atoms with E-state index >= 15 is 0 Å². The van der Waals surface area contributed by atoms with Crippen molar-refractivity contribution in [3.8, 4) is 0 Å². The lowest BCUT2D eigenvalue weighted by Gasteiger charge is -2.35. The second-order valence-corrected chi connectivity index (χ2v) is 7.97. The van der Waals surface area contributed by atoms with Crippen LogP contribution in [0.3, 0.4) is 0 Å². The molecule has 2 atom stereocenters. The molecule has 158 valence electrons. The van der Waals surface area contributed by atoms with E-state index in [1.807, 2.05) is 17.5 Å². The van der Waals surface area contributed by atoms with Crippen molar-refractivity contribution in [1.29, 1.82) is 0 Å². The molecule has 8 nitrogen and oxygen atoms in total. The van der Waals surface area contributed by atoms with E-state index in [0.29, 0.717) is 31.0 Å². The summed E-state index contributed by atoms with van der Waals surface area (Å²) in [6.45, 7) is 5.83. The normalized spacial score (nSPS) is 22.6. The van der Waals surface area contributed by atoms with Crippen molar-refractivity contribution in [2.45, 2.75) is 32.7 Å². The number of carbonyl (C=O) groups is 3. The molecule has 0 radical (unpaired) electrons. The fraction of sp³-hybridized carbons (Fsp3) is 0.550. The maximum atomic E-state index is 12.8. The topological polar surface area (TPSA) is 97.0 Å². The summed E-state index contributed by atoms with van der Waals surface area (Å²) in [7, 11) is 0. The van der Waals surface area contributed by atoms with Crippen LogP contribution in [0, 0.1) is 5.92 Å². The summed E-state index contributed by atoms with van der Waals surface area (Å²) >= 11 is 1.47. The summed E-state index contributed by atoms with van der Waals surface area (Å²) in [6, 6.07) is 2.86. The van der Waals surface area contributed by atoms with Gasteiger partial charge in [0.25, 0.3) is 0 Å². The molecule has 0 unspecified atom stereocenters. The third-order valence-electron chi connectivity index (χ3n) is 4.98. The molecule has 1 saturated heterocycles. The smallest absolute Gasteiger partial charge is 0.338 e. The molecule has 0 aliphatic carbocycles. The Balaban J connectivity index is 1.86. The van der Waals surface area contributed by atoms with Gasteiger partial charge in [-0.2, -0.15) is 0 Å². The average Bonchev–Trinajstić information content (AvgIpc) is 3.23. The van der Waals surface area contributed by atoms with Crippen LogP contribution >= 0.6 is 11.3 Å². The first-order chi connectivity index (χ1) is 14.0. The van der Waals surface area contributed by atoms with E-state index in [0.717, 1.165) is 24.3 Å². The zero-order chi connectivity index (χ0) is 20.8. The highest BCUT2D eigenvalue weighted by Gasteiger charge is 2.36. The van der Waals surface area contributed by atoms with Crippen LogP contribution < -0.4 is 10.6 Å². The lowest BCUT2D eigenvalue weighted by molar-refractivity contribution is -0.150. The van der Waals surface area contributed by atoms with Crippen LogP contribution in [0.25, 0.3) is 0 Å². The van der Waals surface area contributed by atoms with Crippen molar-refractivity contribution >= 4 is 29.3 Å². The molecule has 3 rings (SSSR count). The molecular weight excluding hydrogens is 394 g/mol. The van der Waals surface area contributed by atoms with Crippen LogP contribution in [0.1, 0.15) is 37.6 Å². The second kappa shape index (κ2) is 9.89. The van der Waals surface area contributed by atoms with Crippen LogP contribution in [-0.4, -0.2) is 55.7 Å². The van der Waals surface area contributed by atoms with E-state index in [1.165, 1.54) is 11.3 Å². The molecule has 1 aromatic heterocycles. The molecule has 29 heavy (non-hydrogen) atoms. The summed E-state index contributed by atoms with van der Waals surface area (Å²) in [4.78, 5) is 40.2. The van der Waals surface area contributed by atoms with Crippen molar-refractivity contribution in [2.24, 2.45) is 5.92 Å². The van der Waals surface area contributed by atoms with Crippen molar-refractivity contribution in [3.63, 3.8) is 0 Å². The first-order valence-electron chi connectivity index (χ1n) is 9.93. The van der Waals surface area contributed by atoms with Gasteiger partial charge in [-0.3, -0.25) is 9.69 Å². The molecule has 0 bridgehead atoms. The highest BCUT2D eigenvalue weighted by molar-refractivity contribution is 7.10. The van der Waals surface area contributed by atoms with Gasteiger partial charge >= 0.3 is 18.0 Å². The van der Waals surface area contributed by atoms with Gasteiger partial charge in [0.2, 0.25) is 0 Å². The number of nitrogens with one attached hydrogen (secondary N) is 2. The van der Waals surface area contributed by atoms with Crippen LogP contribution in [0.5, 0.6) is 0 Å². The van der Waals surface area contributed by atoms with E-state index < -0.39 is 12.0 Å². The quantitative estimate of drug-likeness (QED) is 0.655. The minimum atomic E-state index is -0.552. The first kappa shape index (κ1) is 21.3. The van der Waals surface area contributed by atoms with Crippen LogP contribution in [0.15, 0.2) is 28.8 Å². The van der Waals surface area contributed by atoms with Gasteiger partial charge in [-0.1, -0.05) is 6.07 Å². The van der Waals surface area contributed by atoms with E-state index in [2.05, 4.69) is 15.5 Å². The Morgan fingerprint density at radius 3 is 2.76 bits per heavy atom. The Hall–Kier alpha value is -2.39. The predicted octanol–water partition coefficient (Wildman–Crippen LogP) is 2.19. The number of amides is 2. The Kier molecular flexibility index (Phi) is 7.27. The van der Waals surface area contributed by atoms with Gasteiger partial charge in [0.1, 0.15) is 0 Å². The molecule has 1 fully saturated rings. The number of piperidine rings is 1. The van der Waals surface area contributed by atoms with Gasteiger partial charge in [-0.05, 0) is 44.7 Å². The highest BCUT2D eigenvalue weighted by Crippen LogP contribution is 2.31. The summed E-state index contributed by atoms with van der Waals surface area (Å²) in [5.74, 6) is -0.837. The lowest BCUT2D eigenvalue weighted by atomic mass is 9.96. The number of hydrogen-bond donors (Lipinski definition) is 2. The zero-order valence-corrected chi connectivity index (χ0v) is 17.5. The number of thiophene rings is 1. The molecule has 2 aliphatic heterocycles. The van der Waals surface area contributed by atoms with Gasteiger partial charge in [-0.25, -0.2) is 9.59 Å². The maximum Gasteiger partial charge on any atom is 0.338 e. The van der Waals surface area contributed by atoms with E-state index in [4.69, 9.17) is 9.47 Å². The number of hydrogen-bond acceptors (Lipinski definition) is 7. The number of ether oxygens (including phenoxy) is 2. The van der Waals surface area contributed by atoms with Gasteiger partial charge in [0, 0.05) is 23.7 Å². The molecule has 2 aliphatic rings. The molecule has 0 saturated carbocycles. The van der Waals surface area contributed by atoms with Gasteiger partial charge in [-0.15, -0.1) is 11.3 Å². The molecule has 3 heterocycles. The molecular formula is C20H27N3O5S. The highest BCUT2D eigenvalue weighted by atomic mass is 32.1. The number of rotatable bonds is 7. The molecule has 1 aromatic rings. The SMILES string of the molecule is CCOC(=O)C1=C(CN2CCC[C@H](C(=O)OCC)C2)NC(=O)N[C@@H]1c1cccs1. The van der Waals surface area contributed by atoms with Crippen molar-refractivity contribution in [3.05, 3.63) is 33.7 Å². The predicted molar refractivity (Wildman–Crippen MR) is 108 cm³/mol. The Morgan fingerprint density at radius 2 is 2.07 bits per heavy atom. The lowest BCUT2D eigenvalue weighted by Crippen LogP contribution is -2.49. The van der Waals surface area contributed by atoms with Crippen LogP contribution in [-0.2, 0) is 19.1 Å². The summed E-state index contributed by atoms with van der Waals surface area (Å²) < 4.78 is 10.4. The zero-order valence-electron chi connectivity index (χ0n) is 16.7. The third kappa shape index (κ3) is 5.16. The summed E-state index contributed by atoms with van der Waals surface area (Å²) in [5.41, 5.74) is 0.933. The van der Waals surface area contributed by atoms with Gasteiger partial charge in [0.15, 0.2) is 0 Å². The summed E-state index contributed by atoms with van der Waals surface area (Å²) in [6.07, 6.45) is 1.64. The molecule has 9 heteroatoms. The third-order valence-corrected chi connectivity index (χ3v) is 5.92. The van der Waals surface area contributed by atoms with Crippen LogP contribution in [0.2, 0.25) is 0 Å². The Labute approximate surface area is 174 Å². The number of likely N-dealkylation sites (tertiary alicyclic amines) is 1. The summed E-state index contributed by atoms with van der Waals surface area (Å²) in [5, 5.41) is 7.52. The monoisotopic (exact) mass is 421 g/mol. The fourth-order valence-corrected chi connectivity index (χ4v) is 4.52. The molecule has 0 spiro atoms. The number of esters is 2. The van der Waals surface area contributed by atoms with Gasteiger partial charge in [0.05, 0.1) is 30.7 Å². The minimum Gasteiger partial charge on any atom is -0.466 e. The molecule has 0 aromatic carbocycles. The number of carbonyl (C=O) groups excluding carboxylic acids is 3. The maximum absolute atomic E-state index is 12.8. The van der Waals surface area contributed by atoms with Crippen molar-refractivity contribution < 1.29 is 23.9 Å². The number of urea groups is 1. The average molecular weight is 422 g/mol. The second-order valence-electron chi connectivity index (χ2n) is 6.99. The first-order valence-corrected chi connectivity index (χ1v) is 10.8. The minimum absolute atomic E-state index is 0.192. The van der Waals surface area contributed by atoms with Crippen molar-refractivity contribution in [2.75, 3.05) is 32.8 Å². The molecule has 2 amide bonds. The largest absolute Gasteiger partial charge is 0.466 e. The van der Waals surface area contributed by atoms with Crippen molar-refractivity contribution in [1.82, 2.24) is 15.5 Å². The molecule has 2 N–H and O–H groups in total. The Bertz CT molecular complexity index is 777. The van der Waals surface area contributed by atoms with E-state index in [1.54, 1.807) is 13.8 Å². The fourth-order valence-electron chi connectivity index (χ4n) is 3.74. The van der Waals surface area contributed by atoms with E-state index in [-0.39, 0.29) is 24.5 Å².